The van der Waals surface area contributed by atoms with E-state index in [1.807, 2.05) is 62.7 Å². The first kappa shape index (κ1) is 70.2. The normalized spacial score (nSPS) is 17.8. The van der Waals surface area contributed by atoms with E-state index in [-0.39, 0.29) is 72.8 Å². The summed E-state index contributed by atoms with van der Waals surface area (Å²) in [6.07, 6.45) is 2.26. The molecule has 6 amide bonds. The molecule has 1 aliphatic rings. The second kappa shape index (κ2) is 31.5. The van der Waals surface area contributed by atoms with Crippen LogP contribution in [0.25, 0.3) is 0 Å². The maximum atomic E-state index is 14.5. The van der Waals surface area contributed by atoms with Gasteiger partial charge >= 0.3 is 11.9 Å². The third-order valence-electron chi connectivity index (χ3n) is 14.4. The van der Waals surface area contributed by atoms with Crippen LogP contribution in [0.3, 0.4) is 0 Å². The van der Waals surface area contributed by atoms with Gasteiger partial charge < -0.3 is 50.5 Å². The number of phenols is 1. The van der Waals surface area contributed by atoms with E-state index in [2.05, 4.69) is 31.6 Å². The van der Waals surface area contributed by atoms with Gasteiger partial charge in [0.2, 0.25) is 29.5 Å². The minimum atomic E-state index is -1.29. The quantitative estimate of drug-likeness (QED) is 0.0328. The van der Waals surface area contributed by atoms with Crippen LogP contribution in [0.15, 0.2) is 46.5 Å². The fraction of sp³-hybridized carbons (Fsp3) is 0.603. The molecule has 2 aromatic rings. The summed E-state index contributed by atoms with van der Waals surface area (Å²) in [6.45, 7) is 20.6. The van der Waals surface area contributed by atoms with Crippen molar-refractivity contribution >= 4 is 99.5 Å². The Morgan fingerprint density at radius 3 is 2.17 bits per heavy atom. The zero-order chi connectivity index (χ0) is 62.0. The fourth-order valence-corrected chi connectivity index (χ4v) is 10.8. The van der Waals surface area contributed by atoms with Crippen molar-refractivity contribution in [3.63, 3.8) is 0 Å². The molecule has 454 valence electrons. The van der Waals surface area contributed by atoms with Gasteiger partial charge in [-0.25, -0.2) is 4.98 Å². The number of anilines is 1. The van der Waals surface area contributed by atoms with Crippen LogP contribution in [0.4, 0.5) is 5.69 Å². The van der Waals surface area contributed by atoms with Crippen LogP contribution in [-0.2, 0) is 59.0 Å². The molecule has 8 atom stereocenters. The zero-order valence-corrected chi connectivity index (χ0v) is 52.8. The molecule has 0 spiro atoms. The van der Waals surface area contributed by atoms with Crippen molar-refractivity contribution in [3.8, 4) is 5.75 Å². The summed E-state index contributed by atoms with van der Waals surface area (Å²) in [4.78, 5) is 139. The Labute approximate surface area is 495 Å². The number of aromatic hydroxyl groups is 1. The van der Waals surface area contributed by atoms with Crippen LogP contribution in [0.1, 0.15) is 142 Å². The second-order valence-corrected chi connectivity index (χ2v) is 26.6. The molecule has 0 radical (unpaired) electrons. The molecule has 0 bridgehead atoms. The van der Waals surface area contributed by atoms with E-state index in [1.165, 1.54) is 67.0 Å². The number of ketones is 2. The number of likely N-dealkylation sites (N-methyl/N-ethyl adjacent to an activating group) is 1. The average Bonchev–Trinajstić information content (AvgIpc) is 4.05. The Balaban J connectivity index is 1.83. The molecule has 24 heteroatoms. The number of thiazole rings is 1. The summed E-state index contributed by atoms with van der Waals surface area (Å²) in [5.41, 5.74) is -1.08. The molecular formula is C58H87N8O13S3+. The van der Waals surface area contributed by atoms with E-state index in [0.29, 0.717) is 26.6 Å². The molecule has 0 aliphatic carbocycles. The van der Waals surface area contributed by atoms with Crippen molar-refractivity contribution in [2.75, 3.05) is 45.1 Å². The van der Waals surface area contributed by atoms with Crippen molar-refractivity contribution in [1.82, 2.24) is 31.2 Å². The van der Waals surface area contributed by atoms with Gasteiger partial charge in [-0.2, -0.15) is 0 Å². The molecule has 1 aromatic heterocycles. The zero-order valence-electron chi connectivity index (χ0n) is 50.4. The first-order valence-corrected chi connectivity index (χ1v) is 30.4. The molecule has 2 heterocycles. The lowest BCUT2D eigenvalue weighted by atomic mass is 9.80. The molecule has 0 saturated carbocycles. The summed E-state index contributed by atoms with van der Waals surface area (Å²) in [5.74, 6) is -7.14. The molecule has 1 aliphatic heterocycles. The van der Waals surface area contributed by atoms with E-state index >= 15 is 0 Å². The predicted molar refractivity (Wildman–Crippen MR) is 319 cm³/mol. The third kappa shape index (κ3) is 22.2. The highest BCUT2D eigenvalue weighted by Crippen LogP contribution is 2.34. The van der Waals surface area contributed by atoms with E-state index in [9.17, 15) is 53.1 Å². The number of ether oxygens (including phenoxy) is 2. The van der Waals surface area contributed by atoms with Crippen LogP contribution in [0.2, 0.25) is 0 Å². The Morgan fingerprint density at radius 1 is 0.927 bits per heavy atom. The molecule has 3 rings (SSSR count). The number of Topliss-reactive ketones (excluding diaryl/α,β-unsaturated/α-hetero) is 1. The summed E-state index contributed by atoms with van der Waals surface area (Å²) in [6, 6.07) is 0.652. The number of phenolic OH excluding ortho intramolecular Hbond substituents is 1. The highest BCUT2D eigenvalue weighted by Gasteiger charge is 2.44. The highest BCUT2D eigenvalue weighted by atomic mass is 32.2. The Morgan fingerprint density at radius 2 is 1.57 bits per heavy atom. The number of hydrogen-bond acceptors (Lipinski definition) is 17. The lowest BCUT2D eigenvalue weighted by molar-refractivity contribution is -0.908. The van der Waals surface area contributed by atoms with Crippen LogP contribution in [0.5, 0.6) is 5.75 Å². The third-order valence-corrected chi connectivity index (χ3v) is 17.1. The van der Waals surface area contributed by atoms with Crippen LogP contribution >= 0.6 is 34.9 Å². The van der Waals surface area contributed by atoms with Crippen molar-refractivity contribution in [2.24, 2.45) is 23.7 Å². The number of aromatic nitrogens is 1. The SMILES string of the molecule is CC[C@H](C)[C@H](CC(=O)C(C)(C)[N+](C)(C)C)C(=O)N(C)[C@H](C[C@@H](OC(C)=O)c1nc(C(=O)N[C@@H](Cc2ccc(O)c(NC(=O)CNC(=O)C(C)NC(=O)C3CC(=O)/C=C/SCS/C=C/C(=O)N3)c2)CC(C)C(=O)OC(C)(C)C)cs1)C(C)C. The Bertz CT molecular complexity index is 2650. The van der Waals surface area contributed by atoms with Gasteiger partial charge in [0.05, 0.1) is 39.3 Å². The number of benzene rings is 1. The monoisotopic (exact) mass is 1200 g/mol. The number of hydrogen-bond donors (Lipinski definition) is 6. The molecule has 6 N–H and O–H groups in total. The van der Waals surface area contributed by atoms with Crippen LogP contribution < -0.4 is 26.6 Å². The molecule has 1 aromatic carbocycles. The summed E-state index contributed by atoms with van der Waals surface area (Å²) < 4.78 is 11.9. The number of amides is 6. The first-order valence-electron chi connectivity index (χ1n) is 27.4. The van der Waals surface area contributed by atoms with E-state index in [1.54, 1.807) is 56.5 Å². The molecule has 21 nitrogen and oxygen atoms in total. The lowest BCUT2D eigenvalue weighted by Gasteiger charge is -2.41. The number of esters is 2. The van der Waals surface area contributed by atoms with Crippen molar-refractivity contribution < 1.29 is 67.0 Å². The van der Waals surface area contributed by atoms with Crippen molar-refractivity contribution in [1.29, 1.82) is 0 Å². The highest BCUT2D eigenvalue weighted by molar-refractivity contribution is 8.18. The lowest BCUT2D eigenvalue weighted by Crippen LogP contribution is -2.58. The Hall–Kier alpha value is -6.11. The van der Waals surface area contributed by atoms with Crippen molar-refractivity contribution in [3.05, 3.63) is 62.8 Å². The minimum absolute atomic E-state index is 0.00558. The first-order chi connectivity index (χ1) is 38.0. The number of nitrogens with zero attached hydrogens (tertiary/aromatic N) is 3. The van der Waals surface area contributed by atoms with Gasteiger partial charge in [0.25, 0.3) is 5.91 Å². The van der Waals surface area contributed by atoms with Crippen LogP contribution in [0, 0.1) is 23.7 Å². The van der Waals surface area contributed by atoms with Gasteiger partial charge in [0, 0.05) is 67.8 Å². The fourth-order valence-electron chi connectivity index (χ4n) is 8.52. The second-order valence-electron chi connectivity index (χ2n) is 23.5. The van der Waals surface area contributed by atoms with Gasteiger partial charge in [-0.15, -0.1) is 34.9 Å². The number of allylic oxidation sites excluding steroid dienone is 1. The summed E-state index contributed by atoms with van der Waals surface area (Å²) in [5, 5.41) is 29.3. The number of thioether (sulfide) groups is 2. The number of carbonyl (C=O) groups excluding carboxylic acids is 10. The van der Waals surface area contributed by atoms with Crippen molar-refractivity contribution in [2.45, 2.75) is 163 Å². The summed E-state index contributed by atoms with van der Waals surface area (Å²) >= 11 is 3.77. The molecular weight excluding hydrogens is 1110 g/mol. The standard InChI is InChI=1S/C58H86N8O13S3/c1-17-34(4)41(28-48(70)58(11,12)66(14,15)16)55(76)65(13)45(33(2)3)29-47(78-37(7)67)54-64-44(31-82-54)53(75)61-39(24-35(5)56(77)79-57(8,9)10)25-38-18-19-46(69)42(26-38)62-50(72)30-59-51(73)36(6)60-52(74)43-27-40(68)20-22-80-32-81-23-21-49(71)63-43/h18-23,26,31,33-36,39,41,43,45,47H,17,24-25,27-30,32H2,1-16H3,(H5-,59,60,61,62,63,69,71,72,73,74,75)/p+1/b22-20+,23-21+/t34-,35?,36?,39+,41-,43?,45+,47+/m0/s1. The summed E-state index contributed by atoms with van der Waals surface area (Å²) in [7, 11) is 7.55. The average molecular weight is 1200 g/mol. The smallest absolute Gasteiger partial charge is 0.309 e. The number of quaternary nitrogens is 1. The Kier molecular flexibility index (Phi) is 27.0. The topological polar surface area (TPSA) is 286 Å². The molecule has 0 fully saturated rings. The van der Waals surface area contributed by atoms with Gasteiger partial charge in [-0.05, 0) is 101 Å². The molecule has 82 heavy (non-hydrogen) atoms. The van der Waals surface area contributed by atoms with Gasteiger partial charge in [0.15, 0.2) is 23.2 Å². The van der Waals surface area contributed by atoms with Crippen LogP contribution in [-0.4, -0.2) is 154 Å². The van der Waals surface area contributed by atoms with Gasteiger partial charge in [-0.3, -0.25) is 47.9 Å². The number of rotatable bonds is 26. The number of nitrogens with one attached hydrogen (secondary N) is 5. The molecule has 3 unspecified atom stereocenters. The van der Waals surface area contributed by atoms with Gasteiger partial charge in [0.1, 0.15) is 34.1 Å². The van der Waals surface area contributed by atoms with E-state index < -0.39 is 107 Å². The predicted octanol–water partition coefficient (Wildman–Crippen LogP) is 6.61. The number of carbonyl (C=O) groups is 10. The van der Waals surface area contributed by atoms with E-state index in [0.717, 1.165) is 11.3 Å². The molecule has 0 saturated heterocycles. The van der Waals surface area contributed by atoms with Gasteiger partial charge in [-0.1, -0.05) is 47.1 Å². The minimum Gasteiger partial charge on any atom is -0.506 e. The largest absolute Gasteiger partial charge is 0.506 e. The maximum Gasteiger partial charge on any atom is 0.309 e. The maximum absolute atomic E-state index is 14.5. The van der Waals surface area contributed by atoms with E-state index in [4.69, 9.17) is 9.47 Å².